The lowest BCUT2D eigenvalue weighted by atomic mass is 9.99. The maximum atomic E-state index is 12.5. The summed E-state index contributed by atoms with van der Waals surface area (Å²) in [6.07, 6.45) is -4.18. The first-order valence-corrected chi connectivity index (χ1v) is 4.49. The fourth-order valence-corrected chi connectivity index (χ4v) is 1.40. The third kappa shape index (κ3) is 2.55. The quantitative estimate of drug-likeness (QED) is 0.705. The van der Waals surface area contributed by atoms with E-state index in [4.69, 9.17) is 0 Å². The third-order valence-electron chi connectivity index (χ3n) is 2.14. The molecule has 0 aliphatic heterocycles. The maximum Gasteiger partial charge on any atom is 0.416 e. The van der Waals surface area contributed by atoms with Crippen LogP contribution in [0.3, 0.4) is 0 Å². The Morgan fingerprint density at radius 3 is 2.40 bits per heavy atom. The molecule has 0 fully saturated rings. The van der Waals surface area contributed by atoms with Crippen LogP contribution in [0.4, 0.5) is 13.2 Å². The normalized spacial score (nSPS) is 13.6. The van der Waals surface area contributed by atoms with E-state index >= 15 is 0 Å². The molecule has 82 valence electrons. The summed E-state index contributed by atoms with van der Waals surface area (Å²) in [5, 5.41) is 2.70. The van der Waals surface area contributed by atoms with E-state index in [1.54, 1.807) is 6.92 Å². The van der Waals surface area contributed by atoms with Gasteiger partial charge in [0, 0.05) is 0 Å². The van der Waals surface area contributed by atoms with Crippen molar-refractivity contribution in [2.24, 2.45) is 5.18 Å². The minimum absolute atomic E-state index is 0.0532. The van der Waals surface area contributed by atoms with Crippen LogP contribution in [-0.4, -0.2) is 0 Å². The van der Waals surface area contributed by atoms with Crippen molar-refractivity contribution in [2.75, 3.05) is 0 Å². The van der Waals surface area contributed by atoms with Gasteiger partial charge in [0.25, 0.3) is 0 Å². The van der Waals surface area contributed by atoms with Gasteiger partial charge < -0.3 is 0 Å². The van der Waals surface area contributed by atoms with Gasteiger partial charge in [-0.3, -0.25) is 0 Å². The molecule has 0 saturated heterocycles. The Balaban J connectivity index is 3.22. The highest BCUT2D eigenvalue weighted by molar-refractivity contribution is 5.32. The molecule has 2 nitrogen and oxygen atoms in total. The monoisotopic (exact) mass is 217 g/mol. The first-order valence-electron chi connectivity index (χ1n) is 4.49. The van der Waals surface area contributed by atoms with Crippen LogP contribution in [0.5, 0.6) is 0 Å². The average molecular weight is 217 g/mol. The Labute approximate surface area is 85.1 Å². The van der Waals surface area contributed by atoms with Gasteiger partial charge in [-0.15, -0.1) is 0 Å². The van der Waals surface area contributed by atoms with Crippen LogP contribution < -0.4 is 0 Å². The molecule has 1 unspecified atom stereocenters. The van der Waals surface area contributed by atoms with Crippen molar-refractivity contribution >= 4 is 0 Å². The van der Waals surface area contributed by atoms with Crippen LogP contribution in [0.1, 0.15) is 30.5 Å². The van der Waals surface area contributed by atoms with E-state index < -0.39 is 17.8 Å². The minimum Gasteiger partial charge on any atom is -0.166 e. The fourth-order valence-electron chi connectivity index (χ4n) is 1.40. The van der Waals surface area contributed by atoms with E-state index in [1.165, 1.54) is 18.2 Å². The van der Waals surface area contributed by atoms with Gasteiger partial charge in [-0.2, -0.15) is 18.1 Å². The molecule has 1 aromatic rings. The molecule has 0 aliphatic rings. The average Bonchev–Trinajstić information content (AvgIpc) is 2.19. The Kier molecular flexibility index (Phi) is 3.44. The highest BCUT2D eigenvalue weighted by atomic mass is 19.4. The van der Waals surface area contributed by atoms with Crippen LogP contribution in [0.15, 0.2) is 29.4 Å². The fraction of sp³-hybridized carbons (Fsp3) is 0.400. The molecule has 0 N–H and O–H groups in total. The highest BCUT2D eigenvalue weighted by Crippen LogP contribution is 2.36. The van der Waals surface area contributed by atoms with Gasteiger partial charge in [-0.05, 0) is 18.1 Å². The van der Waals surface area contributed by atoms with Crippen molar-refractivity contribution in [3.8, 4) is 0 Å². The molecule has 0 saturated carbocycles. The molecule has 0 radical (unpaired) electrons. The molecule has 0 aromatic heterocycles. The van der Waals surface area contributed by atoms with E-state index in [9.17, 15) is 18.1 Å². The Bertz CT molecular complexity index is 349. The second-order valence-corrected chi connectivity index (χ2v) is 3.11. The van der Waals surface area contributed by atoms with Crippen molar-refractivity contribution < 1.29 is 13.2 Å². The molecule has 1 aromatic carbocycles. The van der Waals surface area contributed by atoms with Gasteiger partial charge in [0.1, 0.15) is 6.04 Å². The van der Waals surface area contributed by atoms with E-state index in [0.29, 0.717) is 0 Å². The molecule has 0 heterocycles. The number of nitroso groups, excluding NO2 is 1. The molecule has 0 bridgehead atoms. The second-order valence-electron chi connectivity index (χ2n) is 3.11. The van der Waals surface area contributed by atoms with E-state index in [2.05, 4.69) is 5.18 Å². The summed E-state index contributed by atoms with van der Waals surface area (Å²) in [4.78, 5) is 10.4. The Hall–Kier alpha value is -1.39. The Morgan fingerprint density at radius 1 is 1.33 bits per heavy atom. The van der Waals surface area contributed by atoms with E-state index in [-0.39, 0.29) is 12.0 Å². The standard InChI is InChI=1S/C10H10F3NO/c1-2-9(14-15)7-5-3-4-6-8(7)10(11,12)13/h3-6,9H,2H2,1H3. The van der Waals surface area contributed by atoms with Crippen LogP contribution in [0.25, 0.3) is 0 Å². The predicted molar refractivity (Wildman–Crippen MR) is 50.3 cm³/mol. The predicted octanol–water partition coefficient (Wildman–Crippen LogP) is 3.92. The summed E-state index contributed by atoms with van der Waals surface area (Å²) < 4.78 is 37.6. The number of rotatable bonds is 3. The largest absolute Gasteiger partial charge is 0.416 e. The molecule has 0 spiro atoms. The van der Waals surface area contributed by atoms with Crippen molar-refractivity contribution in [3.05, 3.63) is 40.3 Å². The Morgan fingerprint density at radius 2 is 1.93 bits per heavy atom. The summed E-state index contributed by atoms with van der Waals surface area (Å²) in [5.74, 6) is 0. The van der Waals surface area contributed by atoms with Gasteiger partial charge in [0.15, 0.2) is 0 Å². The molecule has 0 amide bonds. The summed E-state index contributed by atoms with van der Waals surface area (Å²) in [7, 11) is 0. The molecular weight excluding hydrogens is 207 g/mol. The molecule has 15 heavy (non-hydrogen) atoms. The molecule has 5 heteroatoms. The van der Waals surface area contributed by atoms with Crippen molar-refractivity contribution in [1.82, 2.24) is 0 Å². The van der Waals surface area contributed by atoms with Crippen molar-refractivity contribution in [3.63, 3.8) is 0 Å². The van der Waals surface area contributed by atoms with Crippen LogP contribution in [-0.2, 0) is 6.18 Å². The number of halogens is 3. The van der Waals surface area contributed by atoms with Crippen LogP contribution in [0.2, 0.25) is 0 Å². The summed E-state index contributed by atoms with van der Waals surface area (Å²) in [6, 6.07) is 4.09. The summed E-state index contributed by atoms with van der Waals surface area (Å²) in [5.41, 5.74) is -0.834. The zero-order valence-electron chi connectivity index (χ0n) is 8.08. The summed E-state index contributed by atoms with van der Waals surface area (Å²) in [6.45, 7) is 1.62. The van der Waals surface area contributed by atoms with Crippen molar-refractivity contribution in [1.29, 1.82) is 0 Å². The van der Waals surface area contributed by atoms with Gasteiger partial charge in [0.2, 0.25) is 0 Å². The first-order chi connectivity index (χ1) is 7.00. The molecule has 1 atom stereocenters. The van der Waals surface area contributed by atoms with Gasteiger partial charge in [0.05, 0.1) is 5.56 Å². The number of nitrogens with zero attached hydrogens (tertiary/aromatic N) is 1. The SMILES string of the molecule is CCC(N=O)c1ccccc1C(F)(F)F. The topological polar surface area (TPSA) is 29.4 Å². The number of benzene rings is 1. The smallest absolute Gasteiger partial charge is 0.166 e. The van der Waals surface area contributed by atoms with Gasteiger partial charge in [-0.25, -0.2) is 0 Å². The van der Waals surface area contributed by atoms with E-state index in [0.717, 1.165) is 6.07 Å². The number of hydrogen-bond donors (Lipinski definition) is 0. The second kappa shape index (κ2) is 4.42. The lowest BCUT2D eigenvalue weighted by Crippen LogP contribution is -2.10. The van der Waals surface area contributed by atoms with E-state index in [1.807, 2.05) is 0 Å². The molecular formula is C10H10F3NO. The van der Waals surface area contributed by atoms with Crippen LogP contribution >= 0.6 is 0 Å². The minimum atomic E-state index is -4.44. The first kappa shape index (κ1) is 11.7. The number of alkyl halides is 3. The van der Waals surface area contributed by atoms with Crippen LogP contribution in [0, 0.1) is 4.91 Å². The molecule has 0 aliphatic carbocycles. The zero-order valence-corrected chi connectivity index (χ0v) is 8.08. The highest BCUT2D eigenvalue weighted by Gasteiger charge is 2.34. The third-order valence-corrected chi connectivity index (χ3v) is 2.14. The van der Waals surface area contributed by atoms with Gasteiger partial charge in [-0.1, -0.05) is 30.3 Å². The number of hydrogen-bond acceptors (Lipinski definition) is 2. The lowest BCUT2D eigenvalue weighted by Gasteiger charge is -2.14. The summed E-state index contributed by atoms with van der Waals surface area (Å²) >= 11 is 0. The maximum absolute atomic E-state index is 12.5. The van der Waals surface area contributed by atoms with Crippen molar-refractivity contribution in [2.45, 2.75) is 25.6 Å². The zero-order chi connectivity index (χ0) is 11.5. The van der Waals surface area contributed by atoms with Gasteiger partial charge >= 0.3 is 6.18 Å². The lowest BCUT2D eigenvalue weighted by molar-refractivity contribution is -0.138. The molecule has 1 rings (SSSR count).